The number of rotatable bonds is 2. The molecule has 0 saturated carbocycles. The summed E-state index contributed by atoms with van der Waals surface area (Å²) in [5.41, 5.74) is 12.2. The van der Waals surface area contributed by atoms with Crippen LogP contribution >= 0.6 is 15.9 Å². The van der Waals surface area contributed by atoms with Crippen LogP contribution < -0.4 is 5.73 Å². The van der Waals surface area contributed by atoms with Crippen LogP contribution in [0.15, 0.2) is 53.0 Å². The van der Waals surface area contributed by atoms with Crippen LogP contribution in [0.4, 0.5) is 5.82 Å². The Hall–Kier alpha value is -2.64. The van der Waals surface area contributed by atoms with Crippen molar-refractivity contribution in [2.24, 2.45) is 0 Å². The van der Waals surface area contributed by atoms with Gasteiger partial charge in [-0.25, -0.2) is 4.98 Å². The summed E-state index contributed by atoms with van der Waals surface area (Å²) in [6.07, 6.45) is 0. The first-order chi connectivity index (χ1) is 11.5. The number of aryl methyl sites for hydroxylation is 1. The second kappa shape index (κ2) is 6.46. The molecule has 0 saturated heterocycles. The van der Waals surface area contributed by atoms with Crippen molar-refractivity contribution in [1.29, 1.82) is 5.26 Å². The van der Waals surface area contributed by atoms with Gasteiger partial charge in [-0.1, -0.05) is 57.9 Å². The monoisotopic (exact) mass is 377 g/mol. The number of pyridine rings is 1. The number of benzene rings is 2. The number of anilines is 1. The lowest BCUT2D eigenvalue weighted by molar-refractivity contribution is 1.26. The highest BCUT2D eigenvalue weighted by atomic mass is 79.9. The maximum absolute atomic E-state index is 9.56. The first kappa shape index (κ1) is 16.2. The molecular weight excluding hydrogens is 362 g/mol. The van der Waals surface area contributed by atoms with Crippen molar-refractivity contribution >= 4 is 21.7 Å². The molecule has 3 nitrogen and oxygen atoms in total. The van der Waals surface area contributed by atoms with Gasteiger partial charge in [0, 0.05) is 15.6 Å². The number of nitrogen functional groups attached to an aromatic ring is 1. The molecule has 0 unspecified atom stereocenters. The Bertz CT molecular complexity index is 937. The third kappa shape index (κ3) is 2.91. The van der Waals surface area contributed by atoms with E-state index >= 15 is 0 Å². The van der Waals surface area contributed by atoms with Crippen molar-refractivity contribution in [2.75, 3.05) is 5.73 Å². The predicted molar refractivity (Wildman–Crippen MR) is 101 cm³/mol. The van der Waals surface area contributed by atoms with E-state index in [2.05, 4.69) is 27.0 Å². The number of hydrogen-bond donors (Lipinski definition) is 1. The van der Waals surface area contributed by atoms with Crippen molar-refractivity contribution in [1.82, 2.24) is 4.98 Å². The van der Waals surface area contributed by atoms with E-state index in [1.54, 1.807) is 0 Å². The van der Waals surface area contributed by atoms with Gasteiger partial charge in [0.25, 0.3) is 0 Å². The van der Waals surface area contributed by atoms with E-state index in [-0.39, 0.29) is 5.82 Å². The molecule has 0 aliphatic carbocycles. The van der Waals surface area contributed by atoms with Crippen LogP contribution in [-0.2, 0) is 0 Å². The van der Waals surface area contributed by atoms with Crippen molar-refractivity contribution < 1.29 is 0 Å². The van der Waals surface area contributed by atoms with Gasteiger partial charge < -0.3 is 5.73 Å². The van der Waals surface area contributed by atoms with Crippen molar-refractivity contribution in [3.05, 3.63) is 69.7 Å². The molecule has 0 atom stereocenters. The van der Waals surface area contributed by atoms with Crippen LogP contribution in [0.25, 0.3) is 22.4 Å². The maximum Gasteiger partial charge on any atom is 0.142 e. The van der Waals surface area contributed by atoms with Gasteiger partial charge in [-0.3, -0.25) is 0 Å². The molecule has 0 spiro atoms. The van der Waals surface area contributed by atoms with Gasteiger partial charge in [-0.05, 0) is 37.1 Å². The second-order valence-electron chi connectivity index (χ2n) is 5.71. The summed E-state index contributed by atoms with van der Waals surface area (Å²) < 4.78 is 0.989. The quantitative estimate of drug-likeness (QED) is 0.663. The Morgan fingerprint density at radius 1 is 0.958 bits per heavy atom. The number of nitriles is 1. The molecule has 2 aromatic carbocycles. The third-order valence-corrected chi connectivity index (χ3v) is 4.57. The summed E-state index contributed by atoms with van der Waals surface area (Å²) in [6.45, 7) is 4.03. The Morgan fingerprint density at radius 3 is 2.12 bits per heavy atom. The molecule has 1 aromatic heterocycles. The van der Waals surface area contributed by atoms with E-state index in [1.807, 2.05) is 62.4 Å². The maximum atomic E-state index is 9.56. The van der Waals surface area contributed by atoms with E-state index in [0.717, 1.165) is 32.4 Å². The number of nitrogens with two attached hydrogens (primary N) is 1. The molecule has 118 valence electrons. The minimum Gasteiger partial charge on any atom is -0.383 e. The lowest BCUT2D eigenvalue weighted by atomic mass is 9.92. The zero-order chi connectivity index (χ0) is 17.3. The lowest BCUT2D eigenvalue weighted by Gasteiger charge is -2.15. The Balaban J connectivity index is 2.29. The van der Waals surface area contributed by atoms with E-state index < -0.39 is 0 Å². The largest absolute Gasteiger partial charge is 0.383 e. The minimum atomic E-state index is 0.261. The zero-order valence-corrected chi connectivity index (χ0v) is 15.1. The standard InChI is InChI=1S/C20H16BrN3/c1-12-3-5-15(6-4-12)19-13(2)18(17(11-22)20(23)24-19)14-7-9-16(21)10-8-14/h3-10H,1-2H3,(H2,23,24). The molecule has 0 radical (unpaired) electrons. The van der Waals surface area contributed by atoms with Crippen LogP contribution in [0.3, 0.4) is 0 Å². The topological polar surface area (TPSA) is 62.7 Å². The second-order valence-corrected chi connectivity index (χ2v) is 6.62. The highest BCUT2D eigenvalue weighted by Crippen LogP contribution is 2.36. The van der Waals surface area contributed by atoms with E-state index in [0.29, 0.717) is 5.56 Å². The average Bonchev–Trinajstić information content (AvgIpc) is 2.58. The van der Waals surface area contributed by atoms with E-state index in [9.17, 15) is 5.26 Å². The number of halogens is 1. The van der Waals surface area contributed by atoms with Gasteiger partial charge in [-0.2, -0.15) is 5.26 Å². The first-order valence-electron chi connectivity index (χ1n) is 7.54. The van der Waals surface area contributed by atoms with Gasteiger partial charge in [0.05, 0.1) is 5.69 Å². The molecule has 3 rings (SSSR count). The fraction of sp³-hybridized carbons (Fsp3) is 0.100. The van der Waals surface area contributed by atoms with Gasteiger partial charge in [0.15, 0.2) is 0 Å². The summed E-state index contributed by atoms with van der Waals surface area (Å²) in [5.74, 6) is 0.261. The van der Waals surface area contributed by atoms with Crippen molar-refractivity contribution in [3.8, 4) is 28.5 Å². The fourth-order valence-corrected chi connectivity index (χ4v) is 3.04. The molecule has 4 heteroatoms. The summed E-state index contributed by atoms with van der Waals surface area (Å²) in [6, 6.07) is 18.2. The minimum absolute atomic E-state index is 0.261. The first-order valence-corrected chi connectivity index (χ1v) is 8.33. The average molecular weight is 378 g/mol. The van der Waals surface area contributed by atoms with E-state index in [1.165, 1.54) is 5.56 Å². The van der Waals surface area contributed by atoms with Crippen LogP contribution in [-0.4, -0.2) is 4.98 Å². The van der Waals surface area contributed by atoms with Crippen LogP contribution in [0, 0.1) is 25.2 Å². The zero-order valence-electron chi connectivity index (χ0n) is 13.5. The summed E-state index contributed by atoms with van der Waals surface area (Å²) in [5, 5.41) is 9.56. The van der Waals surface area contributed by atoms with Gasteiger partial charge in [0.2, 0.25) is 0 Å². The predicted octanol–water partition coefficient (Wildman–Crippen LogP) is 5.25. The molecule has 0 aliphatic heterocycles. The van der Waals surface area contributed by atoms with Gasteiger partial charge in [0.1, 0.15) is 17.5 Å². The fourth-order valence-electron chi connectivity index (χ4n) is 2.78. The number of nitrogens with zero attached hydrogens (tertiary/aromatic N) is 2. The van der Waals surface area contributed by atoms with Crippen LogP contribution in [0.1, 0.15) is 16.7 Å². The highest BCUT2D eigenvalue weighted by molar-refractivity contribution is 9.10. The molecule has 3 aromatic rings. The third-order valence-electron chi connectivity index (χ3n) is 4.04. The Morgan fingerprint density at radius 2 is 1.54 bits per heavy atom. The van der Waals surface area contributed by atoms with Crippen molar-refractivity contribution in [2.45, 2.75) is 13.8 Å². The number of hydrogen-bond acceptors (Lipinski definition) is 3. The summed E-state index contributed by atoms with van der Waals surface area (Å²) >= 11 is 3.44. The van der Waals surface area contributed by atoms with Crippen LogP contribution in [0.5, 0.6) is 0 Å². The molecule has 2 N–H and O–H groups in total. The molecular formula is C20H16BrN3. The van der Waals surface area contributed by atoms with Gasteiger partial charge in [-0.15, -0.1) is 0 Å². The smallest absolute Gasteiger partial charge is 0.142 e. The Kier molecular flexibility index (Phi) is 4.37. The molecule has 0 fully saturated rings. The SMILES string of the molecule is Cc1ccc(-c2nc(N)c(C#N)c(-c3ccc(Br)cc3)c2C)cc1. The summed E-state index contributed by atoms with van der Waals surface area (Å²) in [4.78, 5) is 4.49. The normalized spacial score (nSPS) is 10.4. The van der Waals surface area contributed by atoms with Gasteiger partial charge >= 0.3 is 0 Å². The number of aromatic nitrogens is 1. The Labute approximate surface area is 149 Å². The molecule has 0 bridgehead atoms. The van der Waals surface area contributed by atoms with E-state index in [4.69, 9.17) is 5.73 Å². The molecule has 24 heavy (non-hydrogen) atoms. The lowest BCUT2D eigenvalue weighted by Crippen LogP contribution is -2.03. The molecule has 0 aliphatic rings. The summed E-state index contributed by atoms with van der Waals surface area (Å²) in [7, 11) is 0. The van der Waals surface area contributed by atoms with Crippen molar-refractivity contribution in [3.63, 3.8) is 0 Å². The van der Waals surface area contributed by atoms with Crippen LogP contribution in [0.2, 0.25) is 0 Å². The molecule has 0 amide bonds. The molecule has 1 heterocycles. The highest BCUT2D eigenvalue weighted by Gasteiger charge is 2.18.